The molecule has 1 N–H and O–H groups in total. The summed E-state index contributed by atoms with van der Waals surface area (Å²) in [6.07, 6.45) is 4.56. The van der Waals surface area contributed by atoms with Gasteiger partial charge in [0.1, 0.15) is 11.6 Å². The lowest BCUT2D eigenvalue weighted by molar-refractivity contribution is -0.159. The summed E-state index contributed by atoms with van der Waals surface area (Å²) in [5, 5.41) is 10.8. The highest BCUT2D eigenvalue weighted by atomic mass is 16.5. The lowest BCUT2D eigenvalue weighted by atomic mass is 9.62. The van der Waals surface area contributed by atoms with Crippen molar-refractivity contribution in [2.45, 2.75) is 76.9 Å². The third-order valence-corrected chi connectivity index (χ3v) is 10.9. The van der Waals surface area contributed by atoms with E-state index in [2.05, 4.69) is 20.1 Å². The van der Waals surface area contributed by atoms with Gasteiger partial charge in [-0.2, -0.15) is 0 Å². The molecule has 3 amide bonds. The molecule has 2 aromatic carbocycles. The summed E-state index contributed by atoms with van der Waals surface area (Å²) in [6, 6.07) is 17.9. The first-order chi connectivity index (χ1) is 22.1. The largest absolute Gasteiger partial charge is 0.394 e. The molecule has 8 heteroatoms. The molecule has 8 atom stereocenters. The van der Waals surface area contributed by atoms with Gasteiger partial charge in [0.2, 0.25) is 17.7 Å². The predicted molar refractivity (Wildman–Crippen MR) is 178 cm³/mol. The Balaban J connectivity index is 1.61. The maximum Gasteiger partial charge on any atom is 0.249 e. The predicted octanol–water partition coefficient (Wildman–Crippen LogP) is 4.83. The van der Waals surface area contributed by atoms with Gasteiger partial charge in [0.05, 0.1) is 30.1 Å². The molecule has 0 radical (unpaired) electrons. The van der Waals surface area contributed by atoms with E-state index in [4.69, 9.17) is 4.74 Å². The number of aliphatic hydroxyl groups excluding tert-OH is 1. The zero-order valence-corrected chi connectivity index (χ0v) is 27.7. The van der Waals surface area contributed by atoms with E-state index in [1.54, 1.807) is 26.9 Å². The first-order valence-corrected chi connectivity index (χ1v) is 16.6. The molecule has 3 unspecified atom stereocenters. The SMILES string of the molecule is C=CCN(Cc1ccccc1)C(=O)C1N([C@@H](CO)[C@@H](C)CC)C(=O)[C@@H]2[C@@H](C(=O)N(CC=C)Cc3ccccc3)[C@]3(C)OC12CC3C. The molecule has 3 saturated heterocycles. The number of carbonyl (C=O) groups excluding carboxylic acids is 3. The van der Waals surface area contributed by atoms with E-state index >= 15 is 0 Å². The Labute approximate surface area is 273 Å². The second kappa shape index (κ2) is 13.5. The molecule has 1 spiro atoms. The fraction of sp³-hybridized carbons (Fsp3) is 0.500. The van der Waals surface area contributed by atoms with Gasteiger partial charge < -0.3 is 24.5 Å². The van der Waals surface area contributed by atoms with Crippen LogP contribution in [0.1, 0.15) is 51.7 Å². The van der Waals surface area contributed by atoms with Crippen LogP contribution in [-0.4, -0.2) is 80.5 Å². The Hall–Kier alpha value is -3.75. The molecular weight excluding hydrogens is 578 g/mol. The molecule has 3 fully saturated rings. The van der Waals surface area contributed by atoms with Gasteiger partial charge in [-0.3, -0.25) is 14.4 Å². The summed E-state index contributed by atoms with van der Waals surface area (Å²) in [5.74, 6) is -2.56. The molecule has 46 heavy (non-hydrogen) atoms. The number of hydrogen-bond acceptors (Lipinski definition) is 5. The molecule has 0 aliphatic carbocycles. The van der Waals surface area contributed by atoms with Crippen molar-refractivity contribution in [2.75, 3.05) is 19.7 Å². The number of hydrogen-bond donors (Lipinski definition) is 1. The van der Waals surface area contributed by atoms with Crippen molar-refractivity contribution in [3.63, 3.8) is 0 Å². The van der Waals surface area contributed by atoms with Gasteiger partial charge in [0.15, 0.2) is 0 Å². The van der Waals surface area contributed by atoms with Gasteiger partial charge in [0.25, 0.3) is 0 Å². The Kier molecular flexibility index (Phi) is 9.89. The molecule has 246 valence electrons. The highest BCUT2D eigenvalue weighted by molar-refractivity contribution is 5.99. The first-order valence-electron chi connectivity index (χ1n) is 16.6. The fourth-order valence-electron chi connectivity index (χ4n) is 8.26. The molecule has 3 aliphatic rings. The molecule has 2 bridgehead atoms. The van der Waals surface area contributed by atoms with E-state index in [-0.39, 0.29) is 42.7 Å². The summed E-state index contributed by atoms with van der Waals surface area (Å²) >= 11 is 0. The Morgan fingerprint density at radius 1 is 1.00 bits per heavy atom. The first kappa shape index (κ1) is 33.6. The molecule has 3 aliphatic heterocycles. The second-order valence-corrected chi connectivity index (χ2v) is 13.6. The fourth-order valence-corrected chi connectivity index (χ4v) is 8.26. The monoisotopic (exact) mass is 627 g/mol. The lowest BCUT2D eigenvalue weighted by Crippen LogP contribution is -2.59. The van der Waals surface area contributed by atoms with Crippen molar-refractivity contribution in [1.82, 2.24) is 14.7 Å². The van der Waals surface area contributed by atoms with E-state index in [9.17, 15) is 19.5 Å². The summed E-state index contributed by atoms with van der Waals surface area (Å²) in [7, 11) is 0. The van der Waals surface area contributed by atoms with Crippen molar-refractivity contribution in [1.29, 1.82) is 0 Å². The average molecular weight is 628 g/mol. The van der Waals surface area contributed by atoms with E-state index in [0.29, 0.717) is 32.5 Å². The van der Waals surface area contributed by atoms with Gasteiger partial charge >= 0.3 is 0 Å². The van der Waals surface area contributed by atoms with Gasteiger partial charge in [0, 0.05) is 26.2 Å². The van der Waals surface area contributed by atoms with Gasteiger partial charge in [-0.05, 0) is 36.3 Å². The maximum atomic E-state index is 14.9. The standard InChI is InChI=1S/C38H49N3O5/c1-7-20-39(23-28-16-12-10-13-17-28)34(43)31-32-35(44)41(30(25-42)26(4)9-3)33(38(32)22-27(5)37(31,6)46-38)36(45)40(21-8-2)24-29-18-14-11-15-19-29/h7-8,10-19,26-27,30-33,42H,1-2,9,20-25H2,3-6H3/t26-,27?,30-,31-,32-,33?,37+,38?/m0/s1. The van der Waals surface area contributed by atoms with Crippen LogP contribution < -0.4 is 0 Å². The number of nitrogens with zero attached hydrogens (tertiary/aromatic N) is 3. The minimum Gasteiger partial charge on any atom is -0.394 e. The minimum atomic E-state index is -1.22. The zero-order chi connectivity index (χ0) is 33.2. The number of carbonyl (C=O) groups is 3. The van der Waals surface area contributed by atoms with Crippen molar-refractivity contribution >= 4 is 17.7 Å². The van der Waals surface area contributed by atoms with Crippen LogP contribution in [0.5, 0.6) is 0 Å². The van der Waals surface area contributed by atoms with Crippen LogP contribution >= 0.6 is 0 Å². The highest BCUT2D eigenvalue weighted by Crippen LogP contribution is 2.66. The van der Waals surface area contributed by atoms with Gasteiger partial charge in [-0.25, -0.2) is 0 Å². The van der Waals surface area contributed by atoms with Crippen LogP contribution in [0.4, 0.5) is 0 Å². The third-order valence-electron chi connectivity index (χ3n) is 10.9. The van der Waals surface area contributed by atoms with Gasteiger partial charge in [-0.15, -0.1) is 13.2 Å². The molecule has 3 heterocycles. The number of ether oxygens (including phenoxy) is 1. The number of benzene rings is 2. The average Bonchev–Trinajstić information content (AvgIpc) is 3.57. The Morgan fingerprint density at radius 3 is 2.00 bits per heavy atom. The summed E-state index contributed by atoms with van der Waals surface area (Å²) < 4.78 is 7.03. The second-order valence-electron chi connectivity index (χ2n) is 13.6. The van der Waals surface area contributed by atoms with Crippen molar-refractivity contribution < 1.29 is 24.2 Å². The van der Waals surface area contributed by atoms with E-state index in [0.717, 1.165) is 11.1 Å². The van der Waals surface area contributed by atoms with Crippen molar-refractivity contribution in [3.8, 4) is 0 Å². The molecule has 5 rings (SSSR count). The number of aliphatic hydroxyl groups is 1. The van der Waals surface area contributed by atoms with Gasteiger partial charge in [-0.1, -0.05) is 100 Å². The topological polar surface area (TPSA) is 90.4 Å². The van der Waals surface area contributed by atoms with Crippen LogP contribution in [0.25, 0.3) is 0 Å². The Morgan fingerprint density at radius 2 is 1.52 bits per heavy atom. The van der Waals surface area contributed by atoms with E-state index in [1.807, 2.05) is 81.4 Å². The molecule has 2 aromatic rings. The highest BCUT2D eigenvalue weighted by Gasteiger charge is 2.80. The maximum absolute atomic E-state index is 14.9. The summed E-state index contributed by atoms with van der Waals surface area (Å²) in [6.45, 7) is 16.8. The van der Waals surface area contributed by atoms with Crippen LogP contribution in [0.3, 0.4) is 0 Å². The number of fused-ring (bicyclic) bond motifs is 1. The Bertz CT molecular complexity index is 1430. The van der Waals surface area contributed by atoms with Crippen LogP contribution in [0, 0.1) is 23.7 Å². The van der Waals surface area contributed by atoms with E-state index in [1.165, 1.54) is 0 Å². The number of likely N-dealkylation sites (tertiary alicyclic amines) is 1. The van der Waals surface area contributed by atoms with Crippen molar-refractivity contribution in [3.05, 3.63) is 97.1 Å². The molecular formula is C38H49N3O5. The van der Waals surface area contributed by atoms with Crippen LogP contribution in [-0.2, 0) is 32.2 Å². The number of rotatable bonds is 14. The summed E-state index contributed by atoms with van der Waals surface area (Å²) in [4.78, 5) is 49.6. The summed E-state index contributed by atoms with van der Waals surface area (Å²) in [5.41, 5.74) is -0.243. The number of amides is 3. The van der Waals surface area contributed by atoms with Crippen LogP contribution in [0.2, 0.25) is 0 Å². The lowest BCUT2D eigenvalue weighted by Gasteiger charge is -2.41. The zero-order valence-electron chi connectivity index (χ0n) is 27.7. The van der Waals surface area contributed by atoms with Crippen molar-refractivity contribution in [2.24, 2.45) is 23.7 Å². The molecule has 8 nitrogen and oxygen atoms in total. The van der Waals surface area contributed by atoms with Crippen LogP contribution in [0.15, 0.2) is 86.0 Å². The quantitative estimate of drug-likeness (QED) is 0.303. The normalized spacial score (nSPS) is 29.2. The molecule has 0 aromatic heterocycles. The van der Waals surface area contributed by atoms with E-state index < -0.39 is 35.1 Å². The molecule has 0 saturated carbocycles. The third kappa shape index (κ3) is 5.60. The minimum absolute atomic E-state index is 0.0869. The smallest absolute Gasteiger partial charge is 0.249 e.